The van der Waals surface area contributed by atoms with Gasteiger partial charge in [0.1, 0.15) is 5.39 Å². The number of carbonyl (C=O) groups excluding carboxylic acids is 1. The Labute approximate surface area is 183 Å². The molecular formula is C23H21N5O2S. The van der Waals surface area contributed by atoms with Gasteiger partial charge in [-0.15, -0.1) is 0 Å². The molecule has 4 aromatic rings. The minimum absolute atomic E-state index is 0.123. The van der Waals surface area contributed by atoms with Crippen molar-refractivity contribution >= 4 is 34.4 Å². The first-order valence-corrected chi connectivity index (χ1v) is 11.1. The van der Waals surface area contributed by atoms with Crippen molar-refractivity contribution in [3.05, 3.63) is 76.2 Å². The molecule has 0 fully saturated rings. The fourth-order valence-electron chi connectivity index (χ4n) is 3.95. The van der Waals surface area contributed by atoms with Crippen molar-refractivity contribution < 1.29 is 4.79 Å². The topological polar surface area (TPSA) is 81.8 Å². The van der Waals surface area contributed by atoms with E-state index >= 15 is 0 Å². The van der Waals surface area contributed by atoms with Gasteiger partial charge in [0.15, 0.2) is 10.8 Å². The summed E-state index contributed by atoms with van der Waals surface area (Å²) in [5.41, 5.74) is 4.27. The van der Waals surface area contributed by atoms with E-state index in [1.54, 1.807) is 15.4 Å². The highest BCUT2D eigenvalue weighted by atomic mass is 32.2. The van der Waals surface area contributed by atoms with E-state index in [1.165, 1.54) is 17.3 Å². The second-order valence-electron chi connectivity index (χ2n) is 7.74. The summed E-state index contributed by atoms with van der Waals surface area (Å²) in [5.74, 6) is 0.510. The van der Waals surface area contributed by atoms with Crippen LogP contribution >= 0.6 is 11.8 Å². The normalized spacial score (nSPS) is 15.2. The Morgan fingerprint density at radius 2 is 2.00 bits per heavy atom. The number of rotatable bonds is 4. The zero-order valence-electron chi connectivity index (χ0n) is 17.2. The van der Waals surface area contributed by atoms with Crippen LogP contribution in [0.15, 0.2) is 64.7 Å². The lowest BCUT2D eigenvalue weighted by molar-refractivity contribution is -0.116. The van der Waals surface area contributed by atoms with Gasteiger partial charge in [0.25, 0.3) is 5.56 Å². The molecule has 2 aromatic carbocycles. The number of nitrogens with zero attached hydrogens (tertiary/aromatic N) is 4. The summed E-state index contributed by atoms with van der Waals surface area (Å²) in [6, 6.07) is 15.2. The molecule has 0 radical (unpaired) electrons. The third-order valence-corrected chi connectivity index (χ3v) is 6.53. The molecule has 0 saturated carbocycles. The fraction of sp³-hybridized carbons (Fsp3) is 0.217. The van der Waals surface area contributed by atoms with E-state index in [4.69, 9.17) is 4.98 Å². The summed E-state index contributed by atoms with van der Waals surface area (Å²) in [7, 11) is 0. The Kier molecular flexibility index (Phi) is 4.86. The Balaban J connectivity index is 1.48. The minimum Gasteiger partial charge on any atom is -0.326 e. The van der Waals surface area contributed by atoms with Gasteiger partial charge in [-0.1, -0.05) is 47.7 Å². The zero-order chi connectivity index (χ0) is 21.5. The molecule has 1 unspecified atom stereocenters. The third-order valence-electron chi connectivity index (χ3n) is 5.43. The lowest BCUT2D eigenvalue weighted by atomic mass is 10.1. The summed E-state index contributed by atoms with van der Waals surface area (Å²) in [6.45, 7) is 4.06. The van der Waals surface area contributed by atoms with E-state index in [-0.39, 0.29) is 23.9 Å². The van der Waals surface area contributed by atoms with E-state index in [0.29, 0.717) is 21.9 Å². The molecular weight excluding hydrogens is 410 g/mol. The van der Waals surface area contributed by atoms with Crippen LogP contribution in [0.2, 0.25) is 0 Å². The number of benzene rings is 2. The zero-order valence-corrected chi connectivity index (χ0v) is 18.0. The fourth-order valence-corrected chi connectivity index (χ4v) is 5.08. The molecule has 1 aliphatic rings. The summed E-state index contributed by atoms with van der Waals surface area (Å²) in [5, 5.41) is 8.43. The molecule has 31 heavy (non-hydrogen) atoms. The van der Waals surface area contributed by atoms with Crippen LogP contribution in [0, 0.1) is 13.8 Å². The summed E-state index contributed by atoms with van der Waals surface area (Å²) < 4.78 is 3.37. The van der Waals surface area contributed by atoms with E-state index in [0.717, 1.165) is 16.9 Å². The van der Waals surface area contributed by atoms with Gasteiger partial charge >= 0.3 is 0 Å². The maximum Gasteiger partial charge on any atom is 0.265 e. The summed E-state index contributed by atoms with van der Waals surface area (Å²) in [6.07, 6.45) is 1.79. The maximum absolute atomic E-state index is 13.3. The maximum atomic E-state index is 13.3. The lowest BCUT2D eigenvalue weighted by Crippen LogP contribution is -2.27. The number of aromatic nitrogens is 4. The number of anilines is 1. The number of amides is 1. The first kappa shape index (κ1) is 19.6. The number of para-hydroxylation sites is 1. The van der Waals surface area contributed by atoms with Gasteiger partial charge in [-0.05, 0) is 37.6 Å². The van der Waals surface area contributed by atoms with Gasteiger partial charge in [-0.25, -0.2) is 9.67 Å². The summed E-state index contributed by atoms with van der Waals surface area (Å²) in [4.78, 5) is 30.6. The standard InChI is InChI=1S/C23H21N5O2S/c1-14-8-9-19(15(2)10-14)28-21-18(12-24-28)22(30)27-17(13-31-23(27)26-21)11-20(29)25-16-6-4-3-5-7-16/h3-10,12,17H,11,13H2,1-2H3,(H,25,29). The molecule has 1 aliphatic heterocycles. The van der Waals surface area contributed by atoms with Crippen LogP contribution in [0.25, 0.3) is 16.7 Å². The van der Waals surface area contributed by atoms with Crippen molar-refractivity contribution in [3.8, 4) is 5.69 Å². The number of fused-ring (bicyclic) bond motifs is 2. The molecule has 0 aliphatic carbocycles. The van der Waals surface area contributed by atoms with Crippen LogP contribution in [-0.4, -0.2) is 31.0 Å². The number of carbonyl (C=O) groups is 1. The molecule has 1 atom stereocenters. The first-order valence-electron chi connectivity index (χ1n) is 10.1. The predicted octanol–water partition coefficient (Wildman–Crippen LogP) is 3.87. The van der Waals surface area contributed by atoms with Gasteiger partial charge in [0, 0.05) is 17.9 Å². The van der Waals surface area contributed by atoms with Crippen molar-refractivity contribution in [2.24, 2.45) is 0 Å². The quantitative estimate of drug-likeness (QED) is 0.496. The molecule has 7 nitrogen and oxygen atoms in total. The predicted molar refractivity (Wildman–Crippen MR) is 122 cm³/mol. The SMILES string of the molecule is Cc1ccc(-n2ncc3c(=O)n4c(nc32)SCC4CC(=O)Nc2ccccc2)c(C)c1. The van der Waals surface area contributed by atoms with Gasteiger partial charge in [-0.3, -0.25) is 14.2 Å². The largest absolute Gasteiger partial charge is 0.326 e. The highest BCUT2D eigenvalue weighted by Gasteiger charge is 2.29. The molecule has 156 valence electrons. The average molecular weight is 432 g/mol. The number of aryl methyl sites for hydroxylation is 2. The molecule has 0 saturated heterocycles. The lowest BCUT2D eigenvalue weighted by Gasteiger charge is -2.14. The monoisotopic (exact) mass is 431 g/mol. The van der Waals surface area contributed by atoms with Crippen molar-refractivity contribution in [2.75, 3.05) is 11.1 Å². The molecule has 0 bridgehead atoms. The second kappa shape index (κ2) is 7.70. The van der Waals surface area contributed by atoms with Crippen molar-refractivity contribution in [1.29, 1.82) is 0 Å². The number of thioether (sulfide) groups is 1. The van der Waals surface area contributed by atoms with Crippen LogP contribution in [-0.2, 0) is 4.79 Å². The van der Waals surface area contributed by atoms with Gasteiger partial charge in [0.05, 0.1) is 17.9 Å². The number of hydrogen-bond acceptors (Lipinski definition) is 5. The molecule has 8 heteroatoms. The molecule has 2 aromatic heterocycles. The van der Waals surface area contributed by atoms with Gasteiger partial charge in [-0.2, -0.15) is 5.10 Å². The smallest absolute Gasteiger partial charge is 0.265 e. The molecule has 1 amide bonds. The highest BCUT2D eigenvalue weighted by Crippen LogP contribution is 2.33. The second-order valence-corrected chi connectivity index (χ2v) is 8.72. The first-order chi connectivity index (χ1) is 15.0. The van der Waals surface area contributed by atoms with Crippen LogP contribution in [0.3, 0.4) is 0 Å². The van der Waals surface area contributed by atoms with E-state index in [2.05, 4.69) is 16.5 Å². The van der Waals surface area contributed by atoms with Crippen LogP contribution in [0.1, 0.15) is 23.6 Å². The average Bonchev–Trinajstić information content (AvgIpc) is 3.34. The van der Waals surface area contributed by atoms with Crippen molar-refractivity contribution in [2.45, 2.75) is 31.5 Å². The molecule has 5 rings (SSSR count). The molecule has 3 heterocycles. The van der Waals surface area contributed by atoms with Crippen LogP contribution < -0.4 is 10.9 Å². The van der Waals surface area contributed by atoms with Gasteiger partial charge in [0.2, 0.25) is 5.91 Å². The highest BCUT2D eigenvalue weighted by molar-refractivity contribution is 7.99. The van der Waals surface area contributed by atoms with E-state index in [9.17, 15) is 9.59 Å². The Bertz CT molecular complexity index is 1360. The third kappa shape index (κ3) is 3.53. The summed E-state index contributed by atoms with van der Waals surface area (Å²) >= 11 is 1.50. The van der Waals surface area contributed by atoms with E-state index in [1.807, 2.05) is 56.3 Å². The van der Waals surface area contributed by atoms with Gasteiger partial charge < -0.3 is 5.32 Å². The van der Waals surface area contributed by atoms with Crippen molar-refractivity contribution in [3.63, 3.8) is 0 Å². The van der Waals surface area contributed by atoms with Crippen LogP contribution in [0.5, 0.6) is 0 Å². The minimum atomic E-state index is -0.238. The number of hydrogen-bond donors (Lipinski definition) is 1. The van der Waals surface area contributed by atoms with E-state index < -0.39 is 0 Å². The molecule has 0 spiro atoms. The number of nitrogens with one attached hydrogen (secondary N) is 1. The van der Waals surface area contributed by atoms with Crippen molar-refractivity contribution in [1.82, 2.24) is 19.3 Å². The molecule has 1 N–H and O–H groups in total. The Morgan fingerprint density at radius 1 is 1.19 bits per heavy atom. The van der Waals surface area contributed by atoms with Crippen LogP contribution in [0.4, 0.5) is 5.69 Å². The Morgan fingerprint density at radius 3 is 2.77 bits per heavy atom. The Hall–Kier alpha value is -3.39.